The van der Waals surface area contributed by atoms with Crippen molar-refractivity contribution in [2.45, 2.75) is 0 Å². The molecule has 0 spiro atoms. The minimum atomic E-state index is 0. The van der Waals surface area contributed by atoms with Crippen LogP contribution < -0.4 is 0 Å². The molecule has 0 heterocycles. The maximum atomic E-state index is 8.45. The van der Waals surface area contributed by atoms with Crippen molar-refractivity contribution < 1.29 is 28.8 Å². The van der Waals surface area contributed by atoms with Gasteiger partial charge >= 0.3 is 0 Å². The van der Waals surface area contributed by atoms with Crippen molar-refractivity contribution in [1.82, 2.24) is 0 Å². The Bertz CT molecular complexity index is 20.9. The van der Waals surface area contributed by atoms with E-state index in [0.29, 0.717) is 0 Å². The first kappa shape index (κ1) is 8.87. The fourth-order valence-electron chi connectivity index (χ4n) is 0. The summed E-state index contributed by atoms with van der Waals surface area (Å²) < 4.78 is 0. The van der Waals surface area contributed by atoms with E-state index in [0.717, 1.165) is 0 Å². The van der Waals surface area contributed by atoms with E-state index in [1.54, 1.807) is 5.34 Å². The van der Waals surface area contributed by atoms with Crippen molar-refractivity contribution in [3.63, 3.8) is 0 Å². The van der Waals surface area contributed by atoms with Crippen LogP contribution >= 0.6 is 0 Å². The van der Waals surface area contributed by atoms with Crippen LogP contribution in [0.4, 0.5) is 0 Å². The van der Waals surface area contributed by atoms with Crippen LogP contribution in [-0.4, -0.2) is 5.26 Å². The summed E-state index contributed by atoms with van der Waals surface area (Å²) in [4.78, 5) is 11.1. The Morgan fingerprint density at radius 3 is 2.00 bits per heavy atom. The van der Waals surface area contributed by atoms with E-state index in [1.807, 2.05) is 0 Å². The van der Waals surface area contributed by atoms with Crippen LogP contribution in [0, 0.1) is 4.91 Å². The number of nitrogens with zero attached hydrogens (tertiary/aromatic N) is 1. The second-order valence-corrected chi connectivity index (χ2v) is 0.156. The summed E-state index contributed by atoms with van der Waals surface area (Å²) in [5, 5.41) is 8.44. The predicted molar refractivity (Wildman–Crippen MR) is 9.51 cm³/mol. The van der Waals surface area contributed by atoms with Crippen LogP contribution in [0.25, 0.3) is 0 Å². The molecule has 5 heavy (non-hydrogen) atoms. The average molecular weight is 114 g/mol. The van der Waals surface area contributed by atoms with Gasteiger partial charge in [0.05, 0.1) is 0 Å². The van der Waals surface area contributed by atoms with Gasteiger partial charge in [-0.1, -0.05) is 0 Å². The Labute approximate surface area is 39.9 Å². The van der Waals surface area contributed by atoms with Crippen LogP contribution in [0.5, 0.6) is 0 Å². The number of hydrogen-bond acceptors (Lipinski definition) is 4. The van der Waals surface area contributed by atoms with Gasteiger partial charge in [0.1, 0.15) is 0 Å². The first-order chi connectivity index (χ1) is 1.91. The standard InChI is InChI=1S/HNO3.V/c2-1-4-3;/h3H;. The van der Waals surface area contributed by atoms with Gasteiger partial charge in [0.15, 0.2) is 5.34 Å². The van der Waals surface area contributed by atoms with Gasteiger partial charge in [-0.3, -0.25) is 0 Å². The van der Waals surface area contributed by atoms with Gasteiger partial charge in [0.25, 0.3) is 0 Å². The Hall–Kier alpha value is -0.0556. The minimum absolute atomic E-state index is 0. The largest absolute Gasteiger partial charge is 0.190 e. The van der Waals surface area contributed by atoms with Crippen molar-refractivity contribution in [1.29, 1.82) is 0 Å². The third-order valence-electron chi connectivity index (χ3n) is 0.0333. The Balaban J connectivity index is 0. The third kappa shape index (κ3) is 16.7. The summed E-state index contributed by atoms with van der Waals surface area (Å²) >= 11 is 0. The van der Waals surface area contributed by atoms with Gasteiger partial charge in [-0.2, -0.15) is 10.2 Å². The fraction of sp³-hybridized carbons (Fsp3) is 0. The van der Waals surface area contributed by atoms with E-state index in [-0.39, 0.29) is 18.6 Å². The molecule has 0 aromatic rings. The van der Waals surface area contributed by atoms with Crippen LogP contribution in [0.2, 0.25) is 0 Å². The number of rotatable bonds is 1. The Kier molecular flexibility index (Phi) is 16.1. The van der Waals surface area contributed by atoms with Gasteiger partial charge in [-0.15, -0.1) is 4.91 Å². The van der Waals surface area contributed by atoms with E-state index in [9.17, 15) is 0 Å². The van der Waals surface area contributed by atoms with E-state index in [2.05, 4.69) is 4.99 Å². The molecule has 0 rings (SSSR count). The molecule has 0 aromatic heterocycles. The molecule has 0 atom stereocenters. The Morgan fingerprint density at radius 1 is 1.80 bits per heavy atom. The van der Waals surface area contributed by atoms with E-state index < -0.39 is 0 Å². The zero-order chi connectivity index (χ0) is 3.41. The molecule has 0 unspecified atom stereocenters. The summed E-state index contributed by atoms with van der Waals surface area (Å²) in [7, 11) is 0. The molecule has 5 heteroatoms. The molecule has 0 aliphatic heterocycles. The number of hydrogen-bond donors (Lipinski definition) is 1. The van der Waals surface area contributed by atoms with Crippen molar-refractivity contribution >= 4 is 0 Å². The van der Waals surface area contributed by atoms with Crippen molar-refractivity contribution in [2.75, 3.05) is 0 Å². The average Bonchev–Trinajstić information content (AvgIpc) is 1.37. The summed E-state index contributed by atoms with van der Waals surface area (Å²) in [6, 6.07) is 0. The molecular formula is HNO3V. The summed E-state index contributed by atoms with van der Waals surface area (Å²) in [6.45, 7) is 0. The molecule has 0 aliphatic rings. The van der Waals surface area contributed by atoms with Crippen LogP contribution in [0.3, 0.4) is 0 Å². The van der Waals surface area contributed by atoms with Gasteiger partial charge in [-0.25, -0.2) is 0 Å². The van der Waals surface area contributed by atoms with Crippen molar-refractivity contribution in [3.05, 3.63) is 4.91 Å². The predicted octanol–water partition coefficient (Wildman–Crippen LogP) is 0.155. The van der Waals surface area contributed by atoms with Gasteiger partial charge in [0, 0.05) is 18.6 Å². The third-order valence-corrected chi connectivity index (χ3v) is 0.0333. The zero-order valence-electron chi connectivity index (χ0n) is 2.16. The molecule has 0 fully saturated rings. The molecule has 0 saturated carbocycles. The van der Waals surface area contributed by atoms with Crippen LogP contribution in [-0.2, 0) is 23.5 Å². The van der Waals surface area contributed by atoms with E-state index in [4.69, 9.17) is 10.2 Å². The molecule has 4 nitrogen and oxygen atoms in total. The van der Waals surface area contributed by atoms with Gasteiger partial charge in [-0.05, 0) is 0 Å². The molecule has 0 aliphatic carbocycles. The monoisotopic (exact) mass is 114 g/mol. The topological polar surface area (TPSA) is 58.9 Å². The summed E-state index contributed by atoms with van der Waals surface area (Å²) in [5.41, 5.74) is 0. The molecular weight excluding hydrogens is 113 g/mol. The van der Waals surface area contributed by atoms with E-state index >= 15 is 0 Å². The summed E-state index contributed by atoms with van der Waals surface area (Å²) in [5.74, 6) is 0. The quantitative estimate of drug-likeness (QED) is 0.300. The first-order valence-electron chi connectivity index (χ1n) is 0.548. The summed E-state index contributed by atoms with van der Waals surface area (Å²) in [6.07, 6.45) is 0. The first-order valence-corrected chi connectivity index (χ1v) is 0.548. The van der Waals surface area contributed by atoms with Crippen molar-refractivity contribution in [3.8, 4) is 0 Å². The molecule has 1 N–H and O–H groups in total. The van der Waals surface area contributed by atoms with Crippen LogP contribution in [0.1, 0.15) is 0 Å². The maximum Gasteiger partial charge on any atom is 0.190 e. The van der Waals surface area contributed by atoms with Gasteiger partial charge in [0.2, 0.25) is 0 Å². The molecule has 0 aromatic carbocycles. The van der Waals surface area contributed by atoms with E-state index in [1.165, 1.54) is 0 Å². The van der Waals surface area contributed by atoms with Gasteiger partial charge < -0.3 is 0 Å². The Morgan fingerprint density at radius 2 is 2.00 bits per heavy atom. The normalized spacial score (nSPS) is 4.20. The molecule has 0 bridgehead atoms. The molecule has 0 saturated heterocycles. The van der Waals surface area contributed by atoms with Crippen LogP contribution in [0.15, 0.2) is 5.34 Å². The molecule has 1 radical (unpaired) electrons. The maximum absolute atomic E-state index is 8.45. The smallest absolute Gasteiger partial charge is 0.184 e. The fourth-order valence-corrected chi connectivity index (χ4v) is 0. The second kappa shape index (κ2) is 9.04. The molecule has 29 valence electrons. The zero-order valence-corrected chi connectivity index (χ0v) is 3.55. The SMILES string of the molecule is O=NOO.[V]. The molecule has 0 amide bonds. The van der Waals surface area contributed by atoms with Crippen molar-refractivity contribution in [2.24, 2.45) is 5.34 Å². The second-order valence-electron chi connectivity index (χ2n) is 0.156. The minimum Gasteiger partial charge on any atom is -0.184 e.